The Kier molecular flexibility index (Phi) is 6.36. The van der Waals surface area contributed by atoms with E-state index in [9.17, 15) is 4.79 Å². The Hall–Kier alpha value is -3.75. The molecule has 0 aliphatic carbocycles. The van der Waals surface area contributed by atoms with Gasteiger partial charge in [0.05, 0.1) is 13.2 Å². The van der Waals surface area contributed by atoms with Gasteiger partial charge in [-0.2, -0.15) is 0 Å². The number of hydrogen-bond donors (Lipinski definition) is 0. The first kappa shape index (κ1) is 22.7. The van der Waals surface area contributed by atoms with Crippen molar-refractivity contribution in [1.82, 2.24) is 19.4 Å². The van der Waals surface area contributed by atoms with Crippen molar-refractivity contribution in [2.75, 3.05) is 62.3 Å². The molecule has 0 saturated carbocycles. The van der Waals surface area contributed by atoms with Gasteiger partial charge in [0.15, 0.2) is 6.29 Å². The van der Waals surface area contributed by atoms with Gasteiger partial charge in [-0.05, 0) is 42.0 Å². The van der Waals surface area contributed by atoms with Gasteiger partial charge >= 0.3 is 0 Å². The van der Waals surface area contributed by atoms with Crippen LogP contribution in [0.2, 0.25) is 0 Å². The topological polar surface area (TPSA) is 66.7 Å². The highest BCUT2D eigenvalue weighted by Crippen LogP contribution is 2.33. The Labute approximate surface area is 210 Å². The van der Waals surface area contributed by atoms with Crippen molar-refractivity contribution in [3.05, 3.63) is 73.2 Å². The number of rotatable bonds is 6. The minimum Gasteiger partial charge on any atom is -0.378 e. The molecule has 0 amide bonds. The van der Waals surface area contributed by atoms with Crippen LogP contribution in [0.4, 0.5) is 11.5 Å². The fourth-order valence-electron chi connectivity index (χ4n) is 5.30. The molecule has 2 fully saturated rings. The van der Waals surface area contributed by atoms with E-state index in [1.165, 1.54) is 16.8 Å². The van der Waals surface area contributed by atoms with Gasteiger partial charge in [0.25, 0.3) is 0 Å². The van der Waals surface area contributed by atoms with Gasteiger partial charge in [-0.15, -0.1) is 0 Å². The van der Waals surface area contributed by atoms with Crippen molar-refractivity contribution in [2.45, 2.75) is 6.17 Å². The molecule has 8 heteroatoms. The summed E-state index contributed by atoms with van der Waals surface area (Å²) in [4.78, 5) is 28.3. The average molecular weight is 483 g/mol. The monoisotopic (exact) mass is 482 g/mol. The van der Waals surface area contributed by atoms with Gasteiger partial charge in [0.1, 0.15) is 17.6 Å². The zero-order valence-corrected chi connectivity index (χ0v) is 20.2. The van der Waals surface area contributed by atoms with Crippen LogP contribution >= 0.6 is 0 Å². The third-order valence-corrected chi connectivity index (χ3v) is 7.21. The number of morpholine rings is 1. The molecule has 5 heterocycles. The number of aldehydes is 1. The molecule has 0 spiro atoms. The normalized spacial score (nSPS) is 17.9. The van der Waals surface area contributed by atoms with Crippen molar-refractivity contribution in [3.63, 3.8) is 0 Å². The molecule has 0 bridgehead atoms. The third kappa shape index (κ3) is 4.34. The van der Waals surface area contributed by atoms with Crippen molar-refractivity contribution in [2.24, 2.45) is 0 Å². The van der Waals surface area contributed by atoms with E-state index in [1.807, 2.05) is 35.2 Å². The number of pyridine rings is 2. The average Bonchev–Trinajstić information content (AvgIpc) is 3.38. The molecule has 6 rings (SSSR count). The second-order valence-electron chi connectivity index (χ2n) is 9.23. The highest BCUT2D eigenvalue weighted by Gasteiger charge is 2.27. The van der Waals surface area contributed by atoms with E-state index >= 15 is 0 Å². The summed E-state index contributed by atoms with van der Waals surface area (Å²) in [6.07, 6.45) is 6.32. The zero-order valence-electron chi connectivity index (χ0n) is 20.2. The molecule has 1 atom stereocenters. The lowest BCUT2D eigenvalue weighted by molar-refractivity contribution is -0.115. The molecule has 2 aliphatic rings. The Morgan fingerprint density at radius 3 is 2.50 bits per heavy atom. The van der Waals surface area contributed by atoms with Gasteiger partial charge in [-0.1, -0.05) is 18.2 Å². The molecule has 36 heavy (non-hydrogen) atoms. The van der Waals surface area contributed by atoms with Crippen LogP contribution in [0.15, 0.2) is 73.2 Å². The molecule has 2 aliphatic heterocycles. The van der Waals surface area contributed by atoms with Crippen LogP contribution in [0, 0.1) is 0 Å². The molecule has 0 radical (unpaired) electrons. The Bertz CT molecular complexity index is 1340. The van der Waals surface area contributed by atoms with E-state index in [2.05, 4.69) is 61.1 Å². The summed E-state index contributed by atoms with van der Waals surface area (Å²) in [5.74, 6) is 0.997. The summed E-state index contributed by atoms with van der Waals surface area (Å²) in [6, 6.07) is 18.8. The molecule has 2 saturated heterocycles. The molecule has 1 aromatic carbocycles. The lowest BCUT2D eigenvalue weighted by Gasteiger charge is -2.39. The van der Waals surface area contributed by atoms with Crippen molar-refractivity contribution < 1.29 is 9.53 Å². The zero-order chi connectivity index (χ0) is 24.3. The predicted octanol–water partition coefficient (Wildman–Crippen LogP) is 3.45. The van der Waals surface area contributed by atoms with Crippen molar-refractivity contribution in [3.8, 4) is 11.1 Å². The standard InChI is InChI=1S/C28H30N6O2/c35-21-27(34-11-8-22-4-3-9-30-28(22)34)33-14-12-31(13-15-33)25-6-2-1-5-24(25)23-7-10-29-26(20-23)32-16-18-36-19-17-32/h1-11,20-21,27H,12-19H2. The lowest BCUT2D eigenvalue weighted by Crippen LogP contribution is -2.49. The predicted molar refractivity (Wildman–Crippen MR) is 141 cm³/mol. The van der Waals surface area contributed by atoms with E-state index in [-0.39, 0.29) is 6.17 Å². The third-order valence-electron chi connectivity index (χ3n) is 7.21. The largest absolute Gasteiger partial charge is 0.378 e. The summed E-state index contributed by atoms with van der Waals surface area (Å²) in [5, 5.41) is 1.05. The van der Waals surface area contributed by atoms with Crippen LogP contribution in [0.3, 0.4) is 0 Å². The quantitative estimate of drug-likeness (QED) is 0.390. The van der Waals surface area contributed by atoms with Gasteiger partial charge in [0.2, 0.25) is 0 Å². The summed E-state index contributed by atoms with van der Waals surface area (Å²) >= 11 is 0. The molecule has 4 aromatic rings. The van der Waals surface area contributed by atoms with Crippen LogP contribution in [-0.4, -0.2) is 78.2 Å². The van der Waals surface area contributed by atoms with Crippen molar-refractivity contribution in [1.29, 1.82) is 0 Å². The maximum Gasteiger partial charge on any atom is 0.157 e. The number of piperazine rings is 1. The molecular formula is C28H30N6O2. The summed E-state index contributed by atoms with van der Waals surface area (Å²) < 4.78 is 7.49. The number of para-hydroxylation sites is 1. The molecular weight excluding hydrogens is 452 g/mol. The fraction of sp³-hybridized carbons (Fsp3) is 0.321. The van der Waals surface area contributed by atoms with Gasteiger partial charge in [0, 0.05) is 74.5 Å². The Balaban J connectivity index is 1.21. The highest BCUT2D eigenvalue weighted by atomic mass is 16.5. The first-order valence-corrected chi connectivity index (χ1v) is 12.6. The fourth-order valence-corrected chi connectivity index (χ4v) is 5.30. The minimum absolute atomic E-state index is 0.355. The Morgan fingerprint density at radius 2 is 1.67 bits per heavy atom. The number of carbonyl (C=O) groups excluding carboxylic acids is 1. The number of aromatic nitrogens is 3. The van der Waals surface area contributed by atoms with Gasteiger partial charge in [-0.25, -0.2) is 9.97 Å². The van der Waals surface area contributed by atoms with Gasteiger partial charge < -0.3 is 19.1 Å². The molecule has 0 N–H and O–H groups in total. The smallest absolute Gasteiger partial charge is 0.157 e. The number of carbonyl (C=O) groups is 1. The molecule has 184 valence electrons. The van der Waals surface area contributed by atoms with E-state index in [0.29, 0.717) is 0 Å². The number of anilines is 2. The number of hydrogen-bond acceptors (Lipinski definition) is 7. The van der Waals surface area contributed by atoms with Crippen LogP contribution in [0.1, 0.15) is 6.17 Å². The van der Waals surface area contributed by atoms with Crippen LogP contribution in [0.25, 0.3) is 22.2 Å². The molecule has 3 aromatic heterocycles. The van der Waals surface area contributed by atoms with Crippen LogP contribution < -0.4 is 9.80 Å². The maximum absolute atomic E-state index is 12.2. The SMILES string of the molecule is O=CC(N1CCN(c2ccccc2-c2ccnc(N3CCOCC3)c2)CC1)n1ccc2cccnc21. The second kappa shape index (κ2) is 10.1. The first-order chi connectivity index (χ1) is 17.8. The van der Waals surface area contributed by atoms with E-state index in [0.717, 1.165) is 75.6 Å². The van der Waals surface area contributed by atoms with E-state index in [4.69, 9.17) is 4.74 Å². The number of nitrogens with zero attached hydrogens (tertiary/aromatic N) is 6. The van der Waals surface area contributed by atoms with E-state index in [1.54, 1.807) is 6.20 Å². The first-order valence-electron chi connectivity index (χ1n) is 12.6. The number of benzene rings is 1. The van der Waals surface area contributed by atoms with Crippen LogP contribution in [0.5, 0.6) is 0 Å². The van der Waals surface area contributed by atoms with Gasteiger partial charge in [-0.3, -0.25) is 9.69 Å². The van der Waals surface area contributed by atoms with Crippen LogP contribution in [-0.2, 0) is 9.53 Å². The second-order valence-corrected chi connectivity index (χ2v) is 9.23. The van der Waals surface area contributed by atoms with E-state index < -0.39 is 0 Å². The maximum atomic E-state index is 12.2. The summed E-state index contributed by atoms with van der Waals surface area (Å²) in [5.41, 5.74) is 4.43. The van der Waals surface area contributed by atoms with Crippen molar-refractivity contribution >= 4 is 28.8 Å². The molecule has 1 unspecified atom stereocenters. The summed E-state index contributed by atoms with van der Waals surface area (Å²) in [7, 11) is 0. The minimum atomic E-state index is -0.355. The highest BCUT2D eigenvalue weighted by molar-refractivity contribution is 5.80. The lowest BCUT2D eigenvalue weighted by atomic mass is 10.0. The number of ether oxygens (including phenoxy) is 1. The number of fused-ring (bicyclic) bond motifs is 1. The Morgan fingerprint density at radius 1 is 0.833 bits per heavy atom. The summed E-state index contributed by atoms with van der Waals surface area (Å²) in [6.45, 7) is 6.48. The molecule has 8 nitrogen and oxygen atoms in total.